The lowest BCUT2D eigenvalue weighted by molar-refractivity contribution is -0.120. The number of rotatable bonds is 6. The van der Waals surface area contributed by atoms with Gasteiger partial charge in [-0.15, -0.1) is 0 Å². The van der Waals surface area contributed by atoms with E-state index in [1.807, 2.05) is 19.0 Å². The number of Topliss-reactive ketones (excluding diaryl/α,β-unsaturated/α-hetero) is 2. The molecule has 0 aliphatic carbocycles. The summed E-state index contributed by atoms with van der Waals surface area (Å²) in [5, 5.41) is 0. The third-order valence-electron chi connectivity index (χ3n) is 2.65. The van der Waals surface area contributed by atoms with Crippen LogP contribution in [-0.4, -0.2) is 37.1 Å². The van der Waals surface area contributed by atoms with Crippen LogP contribution < -0.4 is 0 Å². The minimum absolute atomic E-state index is 0.161. The van der Waals surface area contributed by atoms with Crippen molar-refractivity contribution in [1.29, 1.82) is 0 Å². The van der Waals surface area contributed by atoms with Crippen molar-refractivity contribution in [2.75, 3.05) is 20.6 Å². The van der Waals surface area contributed by atoms with Gasteiger partial charge in [0.05, 0.1) is 5.57 Å². The van der Waals surface area contributed by atoms with E-state index in [-0.39, 0.29) is 23.0 Å². The molecule has 0 aromatic heterocycles. The summed E-state index contributed by atoms with van der Waals surface area (Å²) in [7, 11) is 3.73. The van der Waals surface area contributed by atoms with Crippen molar-refractivity contribution in [3.63, 3.8) is 0 Å². The lowest BCUT2D eigenvalue weighted by Crippen LogP contribution is -2.19. The smallest absolute Gasteiger partial charge is 0.167 e. The lowest BCUT2D eigenvalue weighted by atomic mass is 10.0. The second-order valence-corrected chi connectivity index (χ2v) is 4.64. The van der Waals surface area contributed by atoms with Gasteiger partial charge in [0.1, 0.15) is 5.82 Å². The maximum Gasteiger partial charge on any atom is 0.167 e. The highest BCUT2D eigenvalue weighted by Crippen LogP contribution is 2.11. The fourth-order valence-corrected chi connectivity index (χ4v) is 1.56. The predicted octanol–water partition coefficient (Wildman–Crippen LogP) is 2.32. The van der Waals surface area contributed by atoms with Crippen molar-refractivity contribution in [2.24, 2.45) is 0 Å². The molecule has 0 atom stereocenters. The molecule has 0 amide bonds. The van der Waals surface area contributed by atoms with Crippen molar-refractivity contribution in [3.8, 4) is 0 Å². The van der Waals surface area contributed by atoms with Gasteiger partial charge in [-0.3, -0.25) is 9.59 Å². The second kappa shape index (κ2) is 6.95. The highest BCUT2D eigenvalue weighted by molar-refractivity contribution is 6.22. The van der Waals surface area contributed by atoms with Gasteiger partial charge >= 0.3 is 0 Å². The minimum atomic E-state index is -0.347. The highest BCUT2D eigenvalue weighted by Gasteiger charge is 2.14. The zero-order valence-electron chi connectivity index (χ0n) is 11.4. The molecule has 19 heavy (non-hydrogen) atoms. The average Bonchev–Trinajstić information content (AvgIpc) is 2.34. The Labute approximate surface area is 112 Å². The quantitative estimate of drug-likeness (QED) is 0.449. The molecule has 0 aliphatic rings. The zero-order valence-corrected chi connectivity index (χ0v) is 11.4. The van der Waals surface area contributed by atoms with Crippen LogP contribution in [0.2, 0.25) is 0 Å². The van der Waals surface area contributed by atoms with Crippen molar-refractivity contribution in [2.45, 2.75) is 13.3 Å². The normalized spacial score (nSPS) is 11.7. The van der Waals surface area contributed by atoms with Crippen LogP contribution >= 0.6 is 0 Å². The molecular formula is C15H18FNO2. The first-order chi connectivity index (χ1) is 8.90. The minimum Gasteiger partial charge on any atom is -0.309 e. The van der Waals surface area contributed by atoms with Gasteiger partial charge in [0, 0.05) is 13.0 Å². The van der Waals surface area contributed by atoms with Crippen LogP contribution in [-0.2, 0) is 9.59 Å². The Morgan fingerprint density at radius 1 is 1.21 bits per heavy atom. The van der Waals surface area contributed by atoms with Crippen molar-refractivity contribution >= 4 is 17.6 Å². The van der Waals surface area contributed by atoms with Crippen LogP contribution in [0.15, 0.2) is 29.8 Å². The van der Waals surface area contributed by atoms with Crippen LogP contribution in [0.25, 0.3) is 6.08 Å². The van der Waals surface area contributed by atoms with Gasteiger partial charge in [0.15, 0.2) is 11.6 Å². The van der Waals surface area contributed by atoms with Gasteiger partial charge in [-0.05, 0) is 44.8 Å². The lowest BCUT2D eigenvalue weighted by Gasteiger charge is -2.09. The topological polar surface area (TPSA) is 37.4 Å². The number of carbonyl (C=O) groups is 2. The van der Waals surface area contributed by atoms with Gasteiger partial charge in [0.25, 0.3) is 0 Å². The molecule has 3 nitrogen and oxygen atoms in total. The molecule has 1 rings (SSSR count). The highest BCUT2D eigenvalue weighted by atomic mass is 19.1. The molecule has 4 heteroatoms. The summed E-state index contributed by atoms with van der Waals surface area (Å²) in [6.07, 6.45) is 1.80. The summed E-state index contributed by atoms with van der Waals surface area (Å²) in [4.78, 5) is 25.4. The third-order valence-corrected chi connectivity index (χ3v) is 2.65. The maximum absolute atomic E-state index is 12.8. The van der Waals surface area contributed by atoms with E-state index in [2.05, 4.69) is 0 Å². The molecule has 1 aromatic carbocycles. The molecule has 102 valence electrons. The molecule has 0 bridgehead atoms. The first-order valence-corrected chi connectivity index (χ1v) is 6.06. The predicted molar refractivity (Wildman–Crippen MR) is 73.2 cm³/mol. The molecule has 0 heterocycles. The van der Waals surface area contributed by atoms with Gasteiger partial charge in [-0.2, -0.15) is 0 Å². The Morgan fingerprint density at radius 2 is 1.79 bits per heavy atom. The van der Waals surface area contributed by atoms with E-state index >= 15 is 0 Å². The number of halogens is 1. The number of ketones is 2. The first kappa shape index (κ1) is 15.2. The van der Waals surface area contributed by atoms with Crippen molar-refractivity contribution < 1.29 is 14.0 Å². The number of benzene rings is 1. The standard InChI is InChI=1S/C15H18FNO2/c1-11(18)14(15(19)8-9-17(2)3)10-12-4-6-13(16)7-5-12/h4-7,10H,8-9H2,1-3H3/b14-10-. The fraction of sp³-hybridized carbons (Fsp3) is 0.333. The third kappa shape index (κ3) is 5.14. The van der Waals surface area contributed by atoms with E-state index in [0.29, 0.717) is 18.5 Å². The summed E-state index contributed by atoms with van der Waals surface area (Å²) in [5.41, 5.74) is 0.804. The van der Waals surface area contributed by atoms with Crippen LogP contribution in [0.4, 0.5) is 4.39 Å². The maximum atomic E-state index is 12.8. The van der Waals surface area contributed by atoms with E-state index in [9.17, 15) is 14.0 Å². The molecule has 0 aliphatic heterocycles. The molecule has 0 saturated heterocycles. The zero-order chi connectivity index (χ0) is 14.4. The van der Waals surface area contributed by atoms with E-state index in [0.717, 1.165) is 0 Å². The van der Waals surface area contributed by atoms with Crippen molar-refractivity contribution in [1.82, 2.24) is 4.90 Å². The molecule has 0 spiro atoms. The molecular weight excluding hydrogens is 245 g/mol. The van der Waals surface area contributed by atoms with Crippen molar-refractivity contribution in [3.05, 3.63) is 41.2 Å². The van der Waals surface area contributed by atoms with Crippen LogP contribution in [0.5, 0.6) is 0 Å². The molecule has 0 N–H and O–H groups in total. The molecule has 0 radical (unpaired) electrons. The summed E-state index contributed by atoms with van der Waals surface area (Å²) >= 11 is 0. The Bertz CT molecular complexity index is 489. The van der Waals surface area contributed by atoms with Crippen LogP contribution in [0, 0.1) is 5.82 Å². The number of hydrogen-bond donors (Lipinski definition) is 0. The second-order valence-electron chi connectivity index (χ2n) is 4.64. The first-order valence-electron chi connectivity index (χ1n) is 6.06. The summed E-state index contributed by atoms with van der Waals surface area (Å²) < 4.78 is 12.8. The Morgan fingerprint density at radius 3 is 2.26 bits per heavy atom. The molecule has 0 saturated carbocycles. The van der Waals surface area contributed by atoms with E-state index in [4.69, 9.17) is 0 Å². The monoisotopic (exact) mass is 263 g/mol. The van der Waals surface area contributed by atoms with E-state index in [1.54, 1.807) is 0 Å². The van der Waals surface area contributed by atoms with Crippen LogP contribution in [0.1, 0.15) is 18.9 Å². The summed E-state index contributed by atoms with van der Waals surface area (Å²) in [6.45, 7) is 1.95. The summed E-state index contributed by atoms with van der Waals surface area (Å²) in [5.74, 6) is -0.806. The number of carbonyl (C=O) groups excluding carboxylic acids is 2. The molecule has 0 fully saturated rings. The van der Waals surface area contributed by atoms with Gasteiger partial charge in [-0.1, -0.05) is 12.1 Å². The van der Waals surface area contributed by atoms with Gasteiger partial charge < -0.3 is 4.90 Å². The number of nitrogens with zero attached hydrogens (tertiary/aromatic N) is 1. The Hall–Kier alpha value is -1.81. The van der Waals surface area contributed by atoms with Gasteiger partial charge in [-0.25, -0.2) is 4.39 Å². The van der Waals surface area contributed by atoms with Gasteiger partial charge in [0.2, 0.25) is 0 Å². The fourth-order valence-electron chi connectivity index (χ4n) is 1.56. The van der Waals surface area contributed by atoms with E-state index < -0.39 is 0 Å². The Kier molecular flexibility index (Phi) is 5.57. The number of allylic oxidation sites excluding steroid dienone is 1. The summed E-state index contributed by atoms with van der Waals surface area (Å²) in [6, 6.07) is 5.68. The Balaban J connectivity index is 2.91. The average molecular weight is 263 g/mol. The molecule has 1 aromatic rings. The van der Waals surface area contributed by atoms with Crippen LogP contribution in [0.3, 0.4) is 0 Å². The number of hydrogen-bond acceptors (Lipinski definition) is 3. The van der Waals surface area contributed by atoms with E-state index in [1.165, 1.54) is 37.3 Å². The molecule has 0 unspecified atom stereocenters. The largest absolute Gasteiger partial charge is 0.309 e. The SMILES string of the molecule is CC(=O)/C(=C/c1ccc(F)cc1)C(=O)CCN(C)C.